The van der Waals surface area contributed by atoms with E-state index in [9.17, 15) is 4.79 Å². The van der Waals surface area contributed by atoms with Crippen LogP contribution in [0.3, 0.4) is 0 Å². The first-order chi connectivity index (χ1) is 13.1. The molecular weight excluding hydrogens is 344 g/mol. The Balaban J connectivity index is 1.47. The minimum atomic E-state index is -0.202. The highest BCUT2D eigenvalue weighted by atomic mass is 16.7. The smallest absolute Gasteiger partial charge is 0.248 e. The molecule has 2 aromatic carbocycles. The predicted octanol–water partition coefficient (Wildman–Crippen LogP) is 3.40. The Labute approximate surface area is 159 Å². The Bertz CT molecular complexity index is 800. The fourth-order valence-corrected chi connectivity index (χ4v) is 2.58. The Morgan fingerprint density at radius 2 is 1.93 bits per heavy atom. The van der Waals surface area contributed by atoms with E-state index in [-0.39, 0.29) is 12.7 Å². The van der Waals surface area contributed by atoms with Crippen molar-refractivity contribution < 1.29 is 19.0 Å². The molecule has 0 spiro atoms. The van der Waals surface area contributed by atoms with Crippen LogP contribution in [0, 0.1) is 0 Å². The van der Waals surface area contributed by atoms with Gasteiger partial charge >= 0.3 is 0 Å². The largest absolute Gasteiger partial charge is 0.494 e. The molecule has 1 amide bonds. The maximum absolute atomic E-state index is 12.1. The topological polar surface area (TPSA) is 60.0 Å². The van der Waals surface area contributed by atoms with Crippen LogP contribution in [0.15, 0.2) is 48.5 Å². The van der Waals surface area contributed by atoms with E-state index < -0.39 is 0 Å². The monoisotopic (exact) mass is 368 g/mol. The first-order valence-corrected chi connectivity index (χ1v) is 8.86. The van der Waals surface area contributed by atoms with Crippen molar-refractivity contribution in [2.24, 2.45) is 0 Å². The Kier molecular flexibility index (Phi) is 6.33. The van der Waals surface area contributed by atoms with E-state index in [0.717, 1.165) is 35.7 Å². The fourth-order valence-electron chi connectivity index (χ4n) is 2.58. The molecule has 1 aliphatic heterocycles. The molecule has 0 aromatic heterocycles. The summed E-state index contributed by atoms with van der Waals surface area (Å²) in [4.78, 5) is 14.2. The molecule has 27 heavy (non-hydrogen) atoms. The second kappa shape index (κ2) is 9.09. The van der Waals surface area contributed by atoms with E-state index >= 15 is 0 Å². The number of nitrogens with one attached hydrogen (secondary N) is 1. The van der Waals surface area contributed by atoms with E-state index in [0.29, 0.717) is 12.4 Å². The summed E-state index contributed by atoms with van der Waals surface area (Å²) in [5.74, 6) is 2.01. The van der Waals surface area contributed by atoms with Gasteiger partial charge in [0, 0.05) is 18.3 Å². The number of anilines is 1. The molecule has 0 atom stereocenters. The van der Waals surface area contributed by atoms with E-state index in [2.05, 4.69) is 10.2 Å². The molecule has 1 N–H and O–H groups in total. The number of hydrogen-bond acceptors (Lipinski definition) is 5. The molecule has 0 aliphatic carbocycles. The third-order valence-corrected chi connectivity index (χ3v) is 3.96. The summed E-state index contributed by atoms with van der Waals surface area (Å²) in [6, 6.07) is 12.9. The highest BCUT2D eigenvalue weighted by molar-refractivity contribution is 6.01. The molecule has 0 unspecified atom stereocenters. The lowest BCUT2D eigenvalue weighted by Gasteiger charge is -2.10. The molecule has 1 aliphatic rings. The van der Waals surface area contributed by atoms with Crippen LogP contribution < -0.4 is 19.5 Å². The van der Waals surface area contributed by atoms with Crippen molar-refractivity contribution in [3.05, 3.63) is 54.1 Å². The van der Waals surface area contributed by atoms with Gasteiger partial charge in [0.2, 0.25) is 12.7 Å². The molecule has 142 valence electrons. The molecule has 0 saturated carbocycles. The van der Waals surface area contributed by atoms with Crippen molar-refractivity contribution in [3.8, 4) is 17.2 Å². The quantitative estimate of drug-likeness (QED) is 0.572. The number of benzene rings is 2. The van der Waals surface area contributed by atoms with Crippen molar-refractivity contribution in [2.45, 2.75) is 6.42 Å². The van der Waals surface area contributed by atoms with Gasteiger partial charge in [0.05, 0.1) is 6.61 Å². The molecule has 6 heteroatoms. The standard InChI is InChI=1S/C21H24N2O4/c1-23(2)12-3-13-25-18-8-6-17(7-9-18)22-21(24)11-5-16-4-10-19-20(14-16)27-15-26-19/h4-11,14H,3,12-13,15H2,1-2H3,(H,22,24)/b11-5+. The Hall–Kier alpha value is -2.99. The van der Waals surface area contributed by atoms with Crippen LogP contribution in [0.25, 0.3) is 6.08 Å². The summed E-state index contributed by atoms with van der Waals surface area (Å²) < 4.78 is 16.3. The van der Waals surface area contributed by atoms with Crippen molar-refractivity contribution in [1.29, 1.82) is 0 Å². The first kappa shape index (κ1) is 18.8. The number of fused-ring (bicyclic) bond motifs is 1. The summed E-state index contributed by atoms with van der Waals surface area (Å²) in [5, 5.41) is 2.83. The number of hydrogen-bond donors (Lipinski definition) is 1. The maximum Gasteiger partial charge on any atom is 0.248 e. The summed E-state index contributed by atoms with van der Waals surface area (Å²) in [7, 11) is 4.08. The summed E-state index contributed by atoms with van der Waals surface area (Å²) in [6.07, 6.45) is 4.19. The lowest BCUT2D eigenvalue weighted by Crippen LogP contribution is -2.15. The summed E-state index contributed by atoms with van der Waals surface area (Å²) in [5.41, 5.74) is 1.59. The van der Waals surface area contributed by atoms with Gasteiger partial charge in [-0.2, -0.15) is 0 Å². The number of carbonyl (C=O) groups excluding carboxylic acids is 1. The van der Waals surface area contributed by atoms with Gasteiger partial charge in [-0.3, -0.25) is 4.79 Å². The van der Waals surface area contributed by atoms with Crippen molar-refractivity contribution in [2.75, 3.05) is 39.4 Å². The molecule has 0 radical (unpaired) electrons. The average molecular weight is 368 g/mol. The van der Waals surface area contributed by atoms with Crippen molar-refractivity contribution in [3.63, 3.8) is 0 Å². The minimum absolute atomic E-state index is 0.202. The van der Waals surface area contributed by atoms with Gasteiger partial charge in [-0.25, -0.2) is 0 Å². The zero-order chi connectivity index (χ0) is 19.1. The van der Waals surface area contributed by atoms with E-state index in [1.807, 2.05) is 56.6 Å². The minimum Gasteiger partial charge on any atom is -0.494 e. The van der Waals surface area contributed by atoms with E-state index in [1.54, 1.807) is 6.08 Å². The first-order valence-electron chi connectivity index (χ1n) is 8.86. The molecule has 6 nitrogen and oxygen atoms in total. The zero-order valence-corrected chi connectivity index (χ0v) is 15.6. The van der Waals surface area contributed by atoms with Crippen LogP contribution in [-0.4, -0.2) is 44.8 Å². The van der Waals surface area contributed by atoms with Gasteiger partial charge in [0.15, 0.2) is 11.5 Å². The van der Waals surface area contributed by atoms with E-state index in [1.165, 1.54) is 6.08 Å². The van der Waals surface area contributed by atoms with Gasteiger partial charge < -0.3 is 24.4 Å². The van der Waals surface area contributed by atoms with Gasteiger partial charge in [-0.1, -0.05) is 6.07 Å². The highest BCUT2D eigenvalue weighted by Gasteiger charge is 2.12. The van der Waals surface area contributed by atoms with Gasteiger partial charge in [0.25, 0.3) is 0 Å². The van der Waals surface area contributed by atoms with Crippen molar-refractivity contribution in [1.82, 2.24) is 4.90 Å². The van der Waals surface area contributed by atoms with Crippen LogP contribution in [-0.2, 0) is 4.79 Å². The molecule has 0 fully saturated rings. The third-order valence-electron chi connectivity index (χ3n) is 3.96. The van der Waals surface area contributed by atoms with Gasteiger partial charge in [0.1, 0.15) is 5.75 Å². The SMILES string of the molecule is CN(C)CCCOc1ccc(NC(=O)/C=C/c2ccc3c(c2)OCO3)cc1. The molecular formula is C21H24N2O4. The maximum atomic E-state index is 12.1. The lowest BCUT2D eigenvalue weighted by atomic mass is 10.2. The zero-order valence-electron chi connectivity index (χ0n) is 15.6. The Morgan fingerprint density at radius 3 is 2.70 bits per heavy atom. The van der Waals surface area contributed by atoms with Crippen LogP contribution in [0.1, 0.15) is 12.0 Å². The van der Waals surface area contributed by atoms with E-state index in [4.69, 9.17) is 14.2 Å². The van der Waals surface area contributed by atoms with Crippen LogP contribution in [0.2, 0.25) is 0 Å². The fraction of sp³-hybridized carbons (Fsp3) is 0.286. The number of amides is 1. The van der Waals surface area contributed by atoms with Crippen LogP contribution >= 0.6 is 0 Å². The molecule has 3 rings (SSSR count). The number of nitrogens with zero attached hydrogens (tertiary/aromatic N) is 1. The van der Waals surface area contributed by atoms with Crippen LogP contribution in [0.4, 0.5) is 5.69 Å². The molecule has 0 saturated heterocycles. The average Bonchev–Trinajstić information content (AvgIpc) is 3.12. The predicted molar refractivity (Wildman–Crippen MR) is 105 cm³/mol. The van der Waals surface area contributed by atoms with Crippen molar-refractivity contribution >= 4 is 17.7 Å². The Morgan fingerprint density at radius 1 is 1.15 bits per heavy atom. The number of ether oxygens (including phenoxy) is 3. The lowest BCUT2D eigenvalue weighted by molar-refractivity contribution is -0.111. The third kappa shape index (κ3) is 5.76. The molecule has 2 aromatic rings. The van der Waals surface area contributed by atoms with Crippen LogP contribution in [0.5, 0.6) is 17.2 Å². The second-order valence-corrected chi connectivity index (χ2v) is 6.46. The summed E-state index contributed by atoms with van der Waals surface area (Å²) in [6.45, 7) is 1.89. The second-order valence-electron chi connectivity index (χ2n) is 6.46. The van der Waals surface area contributed by atoms with Gasteiger partial charge in [-0.05, 0) is 68.6 Å². The molecule has 1 heterocycles. The number of rotatable bonds is 8. The normalized spacial score (nSPS) is 12.6. The number of carbonyl (C=O) groups is 1. The highest BCUT2D eigenvalue weighted by Crippen LogP contribution is 2.32. The summed E-state index contributed by atoms with van der Waals surface area (Å²) >= 11 is 0. The molecule has 0 bridgehead atoms. The van der Waals surface area contributed by atoms with Gasteiger partial charge in [-0.15, -0.1) is 0 Å².